The maximum Gasteiger partial charge on any atom is 0.416 e. The first-order valence-corrected chi connectivity index (χ1v) is 9.19. The largest absolute Gasteiger partial charge is 0.416 e. The topological polar surface area (TPSA) is 106 Å². The third kappa shape index (κ3) is 3.98. The van der Waals surface area contributed by atoms with E-state index >= 15 is 0 Å². The molecule has 0 bridgehead atoms. The van der Waals surface area contributed by atoms with Crippen LogP contribution in [0.3, 0.4) is 0 Å². The van der Waals surface area contributed by atoms with E-state index in [1.54, 1.807) is 6.07 Å². The summed E-state index contributed by atoms with van der Waals surface area (Å²) >= 11 is 1.28. The SMILES string of the molecule is O=[N+]([O-])c1c(Nc2cccc(C(F)(F)F)c2)ncnc1Nc1nc2ccccc2s1. The molecule has 4 rings (SSSR count). The van der Waals surface area contributed by atoms with E-state index in [9.17, 15) is 23.3 Å². The van der Waals surface area contributed by atoms with Crippen molar-refractivity contribution in [3.05, 3.63) is 70.5 Å². The van der Waals surface area contributed by atoms with Gasteiger partial charge in [0.15, 0.2) is 5.13 Å². The summed E-state index contributed by atoms with van der Waals surface area (Å²) in [6, 6.07) is 11.6. The Bertz CT molecular complexity index is 1210. The Morgan fingerprint density at radius 2 is 1.73 bits per heavy atom. The van der Waals surface area contributed by atoms with Crippen molar-refractivity contribution in [3.8, 4) is 0 Å². The summed E-state index contributed by atoms with van der Waals surface area (Å²) in [5.74, 6) is -0.388. The van der Waals surface area contributed by atoms with Crippen LogP contribution in [0.2, 0.25) is 0 Å². The zero-order valence-electron chi connectivity index (χ0n) is 14.8. The Morgan fingerprint density at radius 3 is 2.43 bits per heavy atom. The highest BCUT2D eigenvalue weighted by atomic mass is 32.1. The standard InChI is InChI=1S/C18H11F3N6O2S/c19-18(20,21)10-4-3-5-11(8-10)24-15-14(27(28)29)16(23-9-22-15)26-17-25-12-6-1-2-7-13(12)30-17/h1-9H,(H2,22,23,24,25,26). The third-order valence-electron chi connectivity index (χ3n) is 3.98. The molecule has 12 heteroatoms. The van der Waals surface area contributed by atoms with Gasteiger partial charge in [-0.15, -0.1) is 0 Å². The maximum atomic E-state index is 12.9. The van der Waals surface area contributed by atoms with Gasteiger partial charge in [-0.25, -0.2) is 15.0 Å². The van der Waals surface area contributed by atoms with Crippen molar-refractivity contribution in [2.45, 2.75) is 6.18 Å². The average Bonchev–Trinajstić information content (AvgIpc) is 3.10. The van der Waals surface area contributed by atoms with Crippen molar-refractivity contribution < 1.29 is 18.1 Å². The number of nitrogens with one attached hydrogen (secondary N) is 2. The molecule has 0 fully saturated rings. The summed E-state index contributed by atoms with van der Waals surface area (Å²) in [6.45, 7) is 0. The van der Waals surface area contributed by atoms with Crippen molar-refractivity contribution in [2.24, 2.45) is 0 Å². The number of thiazole rings is 1. The normalized spacial score (nSPS) is 11.4. The van der Waals surface area contributed by atoms with Crippen LogP contribution in [0.25, 0.3) is 10.2 Å². The van der Waals surface area contributed by atoms with Gasteiger partial charge in [0.25, 0.3) is 0 Å². The quantitative estimate of drug-likeness (QED) is 0.317. The van der Waals surface area contributed by atoms with Crippen LogP contribution in [0.5, 0.6) is 0 Å². The van der Waals surface area contributed by atoms with Gasteiger partial charge in [0.1, 0.15) is 6.33 Å². The number of alkyl halides is 3. The predicted octanol–water partition coefficient (Wildman–Crippen LogP) is 5.50. The molecule has 152 valence electrons. The Morgan fingerprint density at radius 1 is 1.00 bits per heavy atom. The van der Waals surface area contributed by atoms with Gasteiger partial charge in [0, 0.05) is 5.69 Å². The fourth-order valence-corrected chi connectivity index (χ4v) is 3.54. The van der Waals surface area contributed by atoms with Gasteiger partial charge in [-0.1, -0.05) is 29.5 Å². The highest BCUT2D eigenvalue weighted by Gasteiger charge is 2.31. The fourth-order valence-electron chi connectivity index (χ4n) is 2.67. The maximum absolute atomic E-state index is 12.9. The van der Waals surface area contributed by atoms with Gasteiger partial charge in [-0.2, -0.15) is 13.2 Å². The van der Waals surface area contributed by atoms with Crippen LogP contribution in [-0.2, 0) is 6.18 Å². The number of hydrogen-bond acceptors (Lipinski definition) is 8. The number of nitrogens with zero attached hydrogens (tertiary/aromatic N) is 4. The molecular formula is C18H11F3N6O2S. The van der Waals surface area contributed by atoms with Crippen LogP contribution in [-0.4, -0.2) is 19.9 Å². The number of rotatable bonds is 5. The molecule has 2 N–H and O–H groups in total. The van der Waals surface area contributed by atoms with Crippen molar-refractivity contribution in [1.29, 1.82) is 0 Å². The van der Waals surface area contributed by atoms with E-state index in [0.29, 0.717) is 10.6 Å². The fraction of sp³-hybridized carbons (Fsp3) is 0.0556. The molecule has 0 unspecified atom stereocenters. The highest BCUT2D eigenvalue weighted by molar-refractivity contribution is 7.22. The van der Waals surface area contributed by atoms with Gasteiger partial charge in [-0.05, 0) is 30.3 Å². The Kier molecular flexibility index (Phi) is 4.91. The number of fused-ring (bicyclic) bond motifs is 1. The minimum absolute atomic E-state index is 0.00226. The minimum atomic E-state index is -4.55. The number of aromatic nitrogens is 3. The highest BCUT2D eigenvalue weighted by Crippen LogP contribution is 2.36. The molecule has 4 aromatic rings. The molecule has 2 heterocycles. The summed E-state index contributed by atoms with van der Waals surface area (Å²) in [7, 11) is 0. The summed E-state index contributed by atoms with van der Waals surface area (Å²) < 4.78 is 39.7. The molecule has 2 aromatic heterocycles. The molecular weight excluding hydrogens is 421 g/mol. The van der Waals surface area contributed by atoms with Gasteiger partial charge >= 0.3 is 11.9 Å². The molecule has 30 heavy (non-hydrogen) atoms. The molecule has 0 atom stereocenters. The second-order valence-electron chi connectivity index (χ2n) is 5.99. The van der Waals surface area contributed by atoms with Gasteiger partial charge in [-0.3, -0.25) is 10.1 Å². The number of anilines is 4. The first-order chi connectivity index (χ1) is 14.3. The summed E-state index contributed by atoms with van der Waals surface area (Å²) in [5, 5.41) is 17.4. The number of nitro groups is 1. The van der Waals surface area contributed by atoms with Crippen LogP contribution in [0, 0.1) is 10.1 Å². The van der Waals surface area contributed by atoms with E-state index in [4.69, 9.17) is 0 Å². The molecule has 0 saturated heterocycles. The lowest BCUT2D eigenvalue weighted by atomic mass is 10.2. The number of halogens is 3. The van der Waals surface area contributed by atoms with E-state index < -0.39 is 22.4 Å². The number of hydrogen-bond donors (Lipinski definition) is 2. The summed E-state index contributed by atoms with van der Waals surface area (Å²) in [5.41, 5.74) is -0.701. The summed E-state index contributed by atoms with van der Waals surface area (Å²) in [4.78, 5) is 23.0. The second kappa shape index (κ2) is 7.55. The predicted molar refractivity (Wildman–Crippen MR) is 106 cm³/mol. The zero-order valence-corrected chi connectivity index (χ0v) is 15.7. The van der Waals surface area contributed by atoms with Crippen LogP contribution in [0.4, 0.5) is 41.3 Å². The summed E-state index contributed by atoms with van der Waals surface area (Å²) in [6.07, 6.45) is -3.48. The van der Waals surface area contributed by atoms with Gasteiger partial charge in [0.05, 0.1) is 20.7 Å². The van der Waals surface area contributed by atoms with Crippen molar-refractivity contribution >= 4 is 49.7 Å². The van der Waals surface area contributed by atoms with Crippen LogP contribution in [0.15, 0.2) is 54.9 Å². The monoisotopic (exact) mass is 432 g/mol. The lowest BCUT2D eigenvalue weighted by molar-refractivity contribution is -0.383. The molecule has 0 aliphatic carbocycles. The molecule has 0 amide bonds. The molecule has 0 radical (unpaired) electrons. The number of para-hydroxylation sites is 1. The van der Waals surface area contributed by atoms with Crippen molar-refractivity contribution in [1.82, 2.24) is 15.0 Å². The second-order valence-corrected chi connectivity index (χ2v) is 7.02. The molecule has 0 aliphatic heterocycles. The smallest absolute Gasteiger partial charge is 0.334 e. The van der Waals surface area contributed by atoms with E-state index in [1.165, 1.54) is 23.5 Å². The molecule has 0 saturated carbocycles. The first kappa shape index (κ1) is 19.5. The lowest BCUT2D eigenvalue weighted by Gasteiger charge is -2.11. The average molecular weight is 432 g/mol. The van der Waals surface area contributed by atoms with E-state index in [1.807, 2.05) is 18.2 Å². The van der Waals surface area contributed by atoms with Gasteiger partial charge in [0.2, 0.25) is 11.6 Å². The Balaban J connectivity index is 1.69. The third-order valence-corrected chi connectivity index (χ3v) is 4.93. The minimum Gasteiger partial charge on any atom is -0.334 e. The lowest BCUT2D eigenvalue weighted by Crippen LogP contribution is -2.07. The Hall–Kier alpha value is -3.80. The Labute approximate surface area is 170 Å². The molecule has 2 aromatic carbocycles. The zero-order chi connectivity index (χ0) is 21.3. The first-order valence-electron chi connectivity index (χ1n) is 8.37. The van der Waals surface area contributed by atoms with E-state index in [0.717, 1.165) is 23.2 Å². The van der Waals surface area contributed by atoms with Crippen LogP contribution >= 0.6 is 11.3 Å². The molecule has 8 nitrogen and oxygen atoms in total. The van der Waals surface area contributed by atoms with Crippen molar-refractivity contribution in [3.63, 3.8) is 0 Å². The van der Waals surface area contributed by atoms with Crippen molar-refractivity contribution in [2.75, 3.05) is 10.6 Å². The molecule has 0 aliphatic rings. The molecule has 0 spiro atoms. The number of benzene rings is 2. The van der Waals surface area contributed by atoms with E-state index in [-0.39, 0.29) is 17.3 Å². The van der Waals surface area contributed by atoms with Gasteiger partial charge < -0.3 is 10.6 Å². The van der Waals surface area contributed by atoms with Crippen LogP contribution in [0.1, 0.15) is 5.56 Å². The van der Waals surface area contributed by atoms with Crippen LogP contribution < -0.4 is 10.6 Å². The van der Waals surface area contributed by atoms with E-state index in [2.05, 4.69) is 25.6 Å².